The van der Waals surface area contributed by atoms with Crippen molar-refractivity contribution in [3.05, 3.63) is 65.7 Å². The molecule has 1 aliphatic heterocycles. The Bertz CT molecular complexity index is 759. The van der Waals surface area contributed by atoms with Gasteiger partial charge in [0.15, 0.2) is 0 Å². The Morgan fingerprint density at radius 1 is 1.12 bits per heavy atom. The van der Waals surface area contributed by atoms with Gasteiger partial charge in [-0.25, -0.2) is 0 Å². The van der Waals surface area contributed by atoms with E-state index in [0.29, 0.717) is 13.0 Å². The van der Waals surface area contributed by atoms with Crippen molar-refractivity contribution in [2.75, 3.05) is 24.6 Å². The molecule has 2 amide bonds. The van der Waals surface area contributed by atoms with Gasteiger partial charge in [0.2, 0.25) is 11.8 Å². The summed E-state index contributed by atoms with van der Waals surface area (Å²) in [5, 5.41) is 9.12. The van der Waals surface area contributed by atoms with Gasteiger partial charge in [-0.1, -0.05) is 48.0 Å². The molecule has 0 spiro atoms. The zero-order valence-corrected chi connectivity index (χ0v) is 15.0. The van der Waals surface area contributed by atoms with Crippen molar-refractivity contribution in [1.82, 2.24) is 4.90 Å². The van der Waals surface area contributed by atoms with Crippen LogP contribution in [0.4, 0.5) is 5.69 Å². The third-order valence-corrected chi connectivity index (χ3v) is 4.75. The molecule has 1 heterocycles. The summed E-state index contributed by atoms with van der Waals surface area (Å²) in [6.45, 7) is 2.30. The highest BCUT2D eigenvalue weighted by Crippen LogP contribution is 2.23. The number of hydrogen-bond acceptors (Lipinski definition) is 3. The van der Waals surface area contributed by atoms with E-state index in [9.17, 15) is 9.59 Å². The van der Waals surface area contributed by atoms with Crippen LogP contribution in [-0.2, 0) is 16.0 Å². The molecule has 1 atom stereocenters. The molecule has 1 N–H and O–H groups in total. The molecule has 26 heavy (non-hydrogen) atoms. The van der Waals surface area contributed by atoms with Crippen molar-refractivity contribution in [3.8, 4) is 0 Å². The van der Waals surface area contributed by atoms with E-state index in [4.69, 9.17) is 5.11 Å². The topological polar surface area (TPSA) is 60.9 Å². The average molecular weight is 352 g/mol. The lowest BCUT2D eigenvalue weighted by molar-refractivity contribution is -0.140. The van der Waals surface area contributed by atoms with E-state index < -0.39 is 0 Å². The van der Waals surface area contributed by atoms with Crippen LogP contribution in [0.5, 0.6) is 0 Å². The lowest BCUT2D eigenvalue weighted by atomic mass is 10.0. The van der Waals surface area contributed by atoms with Gasteiger partial charge in [-0.2, -0.15) is 0 Å². The van der Waals surface area contributed by atoms with Gasteiger partial charge >= 0.3 is 0 Å². The van der Waals surface area contributed by atoms with Crippen LogP contribution in [-0.4, -0.2) is 47.6 Å². The largest absolute Gasteiger partial charge is 0.396 e. The number of hydrogen-bond donors (Lipinski definition) is 1. The summed E-state index contributed by atoms with van der Waals surface area (Å²) in [7, 11) is 0. The number of rotatable bonds is 5. The molecule has 5 heteroatoms. The number of carbonyl (C=O) groups is 2. The summed E-state index contributed by atoms with van der Waals surface area (Å²) in [6.07, 6.45) is 0.719. The Kier molecular flexibility index (Phi) is 5.68. The number of aliphatic hydroxyl groups excluding tert-OH is 1. The summed E-state index contributed by atoms with van der Waals surface area (Å²) < 4.78 is 0. The average Bonchev–Trinajstić information content (AvgIpc) is 2.65. The van der Waals surface area contributed by atoms with E-state index in [2.05, 4.69) is 0 Å². The SMILES string of the molecule is Cc1ccc(N2CC(Cc3ccccc3)N(C(=O)CCO)CC2=O)cc1. The fourth-order valence-corrected chi connectivity index (χ4v) is 3.34. The van der Waals surface area contributed by atoms with Crippen LogP contribution < -0.4 is 4.90 Å². The smallest absolute Gasteiger partial charge is 0.246 e. The quantitative estimate of drug-likeness (QED) is 0.897. The fourth-order valence-electron chi connectivity index (χ4n) is 3.34. The summed E-state index contributed by atoms with van der Waals surface area (Å²) in [4.78, 5) is 28.5. The number of amides is 2. The maximum Gasteiger partial charge on any atom is 0.246 e. The summed E-state index contributed by atoms with van der Waals surface area (Å²) >= 11 is 0. The highest BCUT2D eigenvalue weighted by Gasteiger charge is 2.35. The summed E-state index contributed by atoms with van der Waals surface area (Å²) in [5.41, 5.74) is 3.12. The van der Waals surface area contributed by atoms with Crippen LogP contribution >= 0.6 is 0 Å². The Morgan fingerprint density at radius 3 is 2.46 bits per heavy atom. The molecule has 136 valence electrons. The molecule has 1 saturated heterocycles. The van der Waals surface area contributed by atoms with Crippen LogP contribution in [0, 0.1) is 6.92 Å². The fraction of sp³-hybridized carbons (Fsp3) is 0.333. The molecule has 1 fully saturated rings. The standard InChI is InChI=1S/C21H24N2O3/c1-16-7-9-18(10-8-16)22-14-19(13-17-5-3-2-4-6-17)23(15-21(22)26)20(25)11-12-24/h2-10,19,24H,11-15H2,1H3. The minimum Gasteiger partial charge on any atom is -0.396 e. The van der Waals surface area contributed by atoms with E-state index >= 15 is 0 Å². The number of carbonyl (C=O) groups excluding carboxylic acids is 2. The van der Waals surface area contributed by atoms with E-state index in [-0.39, 0.29) is 37.4 Å². The molecule has 1 aliphatic rings. The van der Waals surface area contributed by atoms with Crippen molar-refractivity contribution in [1.29, 1.82) is 0 Å². The summed E-state index contributed by atoms with van der Waals surface area (Å²) in [6, 6.07) is 17.7. The summed E-state index contributed by atoms with van der Waals surface area (Å²) in [5.74, 6) is -0.269. The second kappa shape index (κ2) is 8.15. The second-order valence-electron chi connectivity index (χ2n) is 6.68. The number of anilines is 1. The molecule has 2 aromatic carbocycles. The van der Waals surface area contributed by atoms with Crippen molar-refractivity contribution < 1.29 is 14.7 Å². The predicted octanol–water partition coefficient (Wildman–Crippen LogP) is 2.16. The first-order valence-electron chi connectivity index (χ1n) is 8.90. The third kappa shape index (κ3) is 4.11. The molecule has 3 rings (SSSR count). The molecule has 0 saturated carbocycles. The molecule has 5 nitrogen and oxygen atoms in total. The number of aryl methyl sites for hydroxylation is 1. The minimum absolute atomic E-state index is 0.0447. The monoisotopic (exact) mass is 352 g/mol. The zero-order chi connectivity index (χ0) is 18.5. The van der Waals surface area contributed by atoms with Gasteiger partial charge in [0.25, 0.3) is 0 Å². The van der Waals surface area contributed by atoms with Crippen LogP contribution in [0.1, 0.15) is 17.5 Å². The first-order chi connectivity index (χ1) is 12.6. The van der Waals surface area contributed by atoms with Crippen LogP contribution in [0.15, 0.2) is 54.6 Å². The predicted molar refractivity (Wildman–Crippen MR) is 101 cm³/mol. The molecule has 2 aromatic rings. The van der Waals surface area contributed by atoms with Gasteiger partial charge in [-0.3, -0.25) is 9.59 Å². The highest BCUT2D eigenvalue weighted by atomic mass is 16.3. The lowest BCUT2D eigenvalue weighted by Crippen LogP contribution is -2.59. The van der Waals surface area contributed by atoms with Gasteiger partial charge in [0.1, 0.15) is 6.54 Å². The van der Waals surface area contributed by atoms with E-state index in [1.807, 2.05) is 61.5 Å². The Morgan fingerprint density at radius 2 is 1.81 bits per heavy atom. The van der Waals surface area contributed by atoms with Crippen molar-refractivity contribution in [2.45, 2.75) is 25.8 Å². The number of benzene rings is 2. The molecule has 0 radical (unpaired) electrons. The molecular weight excluding hydrogens is 328 g/mol. The Balaban J connectivity index is 1.85. The van der Waals surface area contributed by atoms with Gasteiger partial charge in [-0.15, -0.1) is 0 Å². The van der Waals surface area contributed by atoms with Gasteiger partial charge < -0.3 is 14.9 Å². The first kappa shape index (κ1) is 18.1. The molecular formula is C21H24N2O3. The van der Waals surface area contributed by atoms with Gasteiger partial charge in [-0.05, 0) is 31.0 Å². The van der Waals surface area contributed by atoms with Crippen LogP contribution in [0.3, 0.4) is 0 Å². The zero-order valence-electron chi connectivity index (χ0n) is 15.0. The van der Waals surface area contributed by atoms with Crippen molar-refractivity contribution in [2.24, 2.45) is 0 Å². The number of nitrogens with zero attached hydrogens (tertiary/aromatic N) is 2. The van der Waals surface area contributed by atoms with E-state index in [0.717, 1.165) is 16.8 Å². The highest BCUT2D eigenvalue weighted by molar-refractivity contribution is 5.98. The second-order valence-corrected chi connectivity index (χ2v) is 6.68. The molecule has 0 aromatic heterocycles. The molecule has 0 bridgehead atoms. The van der Waals surface area contributed by atoms with Crippen LogP contribution in [0.25, 0.3) is 0 Å². The van der Waals surface area contributed by atoms with E-state index in [1.54, 1.807) is 9.80 Å². The Labute approximate surface area is 153 Å². The van der Waals surface area contributed by atoms with Crippen molar-refractivity contribution in [3.63, 3.8) is 0 Å². The number of aliphatic hydroxyl groups is 1. The van der Waals surface area contributed by atoms with Crippen molar-refractivity contribution >= 4 is 17.5 Å². The minimum atomic E-state index is -0.205. The van der Waals surface area contributed by atoms with Gasteiger partial charge in [0, 0.05) is 18.7 Å². The Hall–Kier alpha value is -2.66. The van der Waals surface area contributed by atoms with Gasteiger partial charge in [0.05, 0.1) is 12.6 Å². The van der Waals surface area contributed by atoms with Crippen LogP contribution in [0.2, 0.25) is 0 Å². The first-order valence-corrected chi connectivity index (χ1v) is 8.90. The normalized spacial score (nSPS) is 17.5. The van der Waals surface area contributed by atoms with E-state index in [1.165, 1.54) is 0 Å². The molecule has 0 aliphatic carbocycles. The lowest BCUT2D eigenvalue weighted by Gasteiger charge is -2.41. The number of piperazine rings is 1. The third-order valence-electron chi connectivity index (χ3n) is 4.75. The molecule has 1 unspecified atom stereocenters. The maximum absolute atomic E-state index is 12.7. The maximum atomic E-state index is 12.7.